The summed E-state index contributed by atoms with van der Waals surface area (Å²) in [4.78, 5) is 0. The molecule has 0 aliphatic rings. The zero-order valence-electron chi connectivity index (χ0n) is 12.3. The van der Waals surface area contributed by atoms with E-state index in [2.05, 4.69) is 6.92 Å². The SMILES string of the molecule is CCCOCCC[Si](OCC)(OCC)OCC.O. The second-order valence-electron chi connectivity index (χ2n) is 3.70. The number of hydrogen-bond acceptors (Lipinski definition) is 4. The molecule has 2 N–H and O–H groups in total. The molecule has 5 nitrogen and oxygen atoms in total. The monoisotopic (exact) mass is 282 g/mol. The summed E-state index contributed by atoms with van der Waals surface area (Å²) in [6.07, 6.45) is 2.00. The van der Waals surface area contributed by atoms with Crippen LogP contribution in [0.4, 0.5) is 0 Å². The van der Waals surface area contributed by atoms with Gasteiger partial charge in [-0.15, -0.1) is 0 Å². The van der Waals surface area contributed by atoms with E-state index in [0.29, 0.717) is 19.8 Å². The molecular weight excluding hydrogens is 252 g/mol. The minimum absolute atomic E-state index is 0. The fourth-order valence-corrected chi connectivity index (χ4v) is 4.22. The minimum atomic E-state index is -2.44. The van der Waals surface area contributed by atoms with Crippen LogP contribution in [0.3, 0.4) is 0 Å². The van der Waals surface area contributed by atoms with Gasteiger partial charge in [0.15, 0.2) is 0 Å². The summed E-state index contributed by atoms with van der Waals surface area (Å²) in [5.41, 5.74) is 0. The highest BCUT2D eigenvalue weighted by Crippen LogP contribution is 2.18. The third-order valence-electron chi connectivity index (χ3n) is 2.21. The van der Waals surface area contributed by atoms with E-state index in [1.54, 1.807) is 0 Å². The zero-order valence-corrected chi connectivity index (χ0v) is 13.3. The Balaban J connectivity index is 0. The Morgan fingerprint density at radius 1 is 0.778 bits per heavy atom. The minimum Gasteiger partial charge on any atom is -0.412 e. The van der Waals surface area contributed by atoms with Gasteiger partial charge < -0.3 is 23.5 Å². The Labute approximate surface area is 112 Å². The van der Waals surface area contributed by atoms with Crippen molar-refractivity contribution in [2.24, 2.45) is 0 Å². The van der Waals surface area contributed by atoms with Crippen LogP contribution in [-0.4, -0.2) is 47.3 Å². The molecule has 18 heavy (non-hydrogen) atoms. The molecule has 0 aromatic carbocycles. The summed E-state index contributed by atoms with van der Waals surface area (Å²) < 4.78 is 22.7. The van der Waals surface area contributed by atoms with Gasteiger partial charge in [0.1, 0.15) is 0 Å². The first-order chi connectivity index (χ1) is 8.24. The van der Waals surface area contributed by atoms with Crippen LogP contribution in [0.2, 0.25) is 6.04 Å². The second-order valence-corrected chi connectivity index (χ2v) is 6.43. The lowest BCUT2D eigenvalue weighted by Crippen LogP contribution is -2.46. The maximum absolute atomic E-state index is 5.76. The maximum Gasteiger partial charge on any atom is 0.501 e. The smallest absolute Gasteiger partial charge is 0.412 e. The van der Waals surface area contributed by atoms with Crippen LogP contribution in [0.15, 0.2) is 0 Å². The highest BCUT2D eigenvalue weighted by atomic mass is 28.4. The van der Waals surface area contributed by atoms with Crippen LogP contribution in [0.25, 0.3) is 0 Å². The summed E-state index contributed by atoms with van der Waals surface area (Å²) in [5, 5.41) is 0. The van der Waals surface area contributed by atoms with Crippen molar-refractivity contribution in [2.75, 3.05) is 33.0 Å². The second kappa shape index (κ2) is 13.4. The van der Waals surface area contributed by atoms with Crippen LogP contribution in [0.1, 0.15) is 40.5 Å². The van der Waals surface area contributed by atoms with Gasteiger partial charge in [-0.2, -0.15) is 0 Å². The molecule has 0 heterocycles. The Hall–Kier alpha value is 0.0169. The Morgan fingerprint density at radius 3 is 1.67 bits per heavy atom. The van der Waals surface area contributed by atoms with Crippen molar-refractivity contribution in [3.63, 3.8) is 0 Å². The molecule has 0 atom stereocenters. The molecule has 0 fully saturated rings. The topological polar surface area (TPSA) is 68.4 Å². The average Bonchev–Trinajstić information content (AvgIpc) is 2.30. The first-order valence-corrected chi connectivity index (χ1v) is 8.67. The molecule has 0 aliphatic carbocycles. The van der Waals surface area contributed by atoms with Gasteiger partial charge in [-0.1, -0.05) is 6.92 Å². The molecule has 0 aromatic rings. The largest absolute Gasteiger partial charge is 0.501 e. The van der Waals surface area contributed by atoms with E-state index in [9.17, 15) is 0 Å². The highest BCUT2D eigenvalue weighted by Gasteiger charge is 2.39. The molecule has 0 aliphatic heterocycles. The van der Waals surface area contributed by atoms with Crippen molar-refractivity contribution in [1.82, 2.24) is 0 Å². The van der Waals surface area contributed by atoms with Crippen LogP contribution < -0.4 is 0 Å². The molecular formula is C12H30O5Si. The lowest BCUT2D eigenvalue weighted by molar-refractivity contribution is 0.0660. The molecule has 112 valence electrons. The Kier molecular flexibility index (Phi) is 15.2. The van der Waals surface area contributed by atoms with Crippen LogP contribution in [0, 0.1) is 0 Å². The molecule has 0 spiro atoms. The summed E-state index contributed by atoms with van der Waals surface area (Å²) >= 11 is 0. The fourth-order valence-electron chi connectivity index (χ4n) is 1.64. The molecule has 0 aromatic heterocycles. The summed E-state index contributed by atoms with van der Waals surface area (Å²) in [6, 6.07) is 0.840. The molecule has 0 radical (unpaired) electrons. The molecule has 6 heteroatoms. The number of rotatable bonds is 12. The molecule has 0 saturated carbocycles. The van der Waals surface area contributed by atoms with E-state index in [-0.39, 0.29) is 5.48 Å². The standard InChI is InChI=1S/C12H28O4Si.H2O/c1-5-10-13-11-9-12-17(14-6-2,15-7-3)16-8-4;/h5-12H2,1-4H3;1H2. The van der Waals surface area contributed by atoms with E-state index >= 15 is 0 Å². The van der Waals surface area contributed by atoms with E-state index in [4.69, 9.17) is 18.0 Å². The van der Waals surface area contributed by atoms with Crippen molar-refractivity contribution in [3.8, 4) is 0 Å². The quantitative estimate of drug-likeness (QED) is 0.406. The van der Waals surface area contributed by atoms with Crippen LogP contribution in [0.5, 0.6) is 0 Å². The molecule has 0 rings (SSSR count). The van der Waals surface area contributed by atoms with Gasteiger partial charge in [-0.05, 0) is 33.6 Å². The normalized spacial score (nSPS) is 11.3. The highest BCUT2D eigenvalue weighted by molar-refractivity contribution is 6.60. The van der Waals surface area contributed by atoms with Gasteiger partial charge in [0.05, 0.1) is 0 Å². The lowest BCUT2D eigenvalue weighted by Gasteiger charge is -2.28. The first kappa shape index (κ1) is 20.3. The van der Waals surface area contributed by atoms with Crippen LogP contribution >= 0.6 is 0 Å². The van der Waals surface area contributed by atoms with E-state index in [1.165, 1.54) is 0 Å². The lowest BCUT2D eigenvalue weighted by atomic mass is 10.5. The molecule has 0 bridgehead atoms. The zero-order chi connectivity index (χ0) is 13.0. The van der Waals surface area contributed by atoms with Gasteiger partial charge in [0.25, 0.3) is 0 Å². The van der Waals surface area contributed by atoms with E-state index < -0.39 is 8.80 Å². The molecule has 0 saturated heterocycles. The van der Waals surface area contributed by atoms with Crippen molar-refractivity contribution >= 4 is 8.80 Å². The third-order valence-corrected chi connectivity index (χ3v) is 5.36. The van der Waals surface area contributed by atoms with Crippen molar-refractivity contribution in [3.05, 3.63) is 0 Å². The van der Waals surface area contributed by atoms with E-state index in [1.807, 2.05) is 20.8 Å². The fraction of sp³-hybridized carbons (Fsp3) is 1.00. The first-order valence-electron chi connectivity index (χ1n) is 6.74. The van der Waals surface area contributed by atoms with Crippen molar-refractivity contribution in [1.29, 1.82) is 0 Å². The third kappa shape index (κ3) is 9.01. The summed E-state index contributed by atoms with van der Waals surface area (Å²) in [7, 11) is -2.44. The number of ether oxygens (including phenoxy) is 1. The van der Waals surface area contributed by atoms with Gasteiger partial charge >= 0.3 is 8.80 Å². The van der Waals surface area contributed by atoms with Gasteiger partial charge in [-0.3, -0.25) is 0 Å². The van der Waals surface area contributed by atoms with Gasteiger partial charge in [0, 0.05) is 39.1 Å². The Bertz CT molecular complexity index is 152. The van der Waals surface area contributed by atoms with Crippen molar-refractivity contribution < 1.29 is 23.5 Å². The molecule has 0 amide bonds. The Morgan fingerprint density at radius 2 is 1.28 bits per heavy atom. The predicted octanol–water partition coefficient (Wildman–Crippen LogP) is 2.03. The summed E-state index contributed by atoms with van der Waals surface area (Å²) in [6.45, 7) is 11.6. The van der Waals surface area contributed by atoms with Crippen LogP contribution in [-0.2, 0) is 18.0 Å². The predicted molar refractivity (Wildman–Crippen MR) is 74.8 cm³/mol. The molecule has 0 unspecified atom stereocenters. The number of hydrogen-bond donors (Lipinski definition) is 0. The summed E-state index contributed by atoms with van der Waals surface area (Å²) in [5.74, 6) is 0. The average molecular weight is 282 g/mol. The van der Waals surface area contributed by atoms with Gasteiger partial charge in [-0.25, -0.2) is 0 Å². The van der Waals surface area contributed by atoms with E-state index in [0.717, 1.165) is 32.1 Å². The van der Waals surface area contributed by atoms with Crippen molar-refractivity contribution in [2.45, 2.75) is 46.6 Å². The maximum atomic E-state index is 5.76. The van der Waals surface area contributed by atoms with Gasteiger partial charge in [0.2, 0.25) is 0 Å².